The highest BCUT2D eigenvalue weighted by molar-refractivity contribution is 6.30. The van der Waals surface area contributed by atoms with Crippen LogP contribution in [0.1, 0.15) is 5.56 Å². The normalized spacial score (nSPS) is 11.0. The highest BCUT2D eigenvalue weighted by atomic mass is 35.5. The summed E-state index contributed by atoms with van der Waals surface area (Å²) in [7, 11) is 3.16. The van der Waals surface area contributed by atoms with Gasteiger partial charge in [0.15, 0.2) is 11.2 Å². The van der Waals surface area contributed by atoms with Crippen molar-refractivity contribution in [2.24, 2.45) is 14.1 Å². The van der Waals surface area contributed by atoms with Gasteiger partial charge in [-0.05, 0) is 30.7 Å². The molecule has 0 unspecified atom stereocenters. The zero-order valence-corrected chi connectivity index (χ0v) is 14.7. The fourth-order valence-electron chi connectivity index (χ4n) is 2.64. The first-order valence-electron chi connectivity index (χ1n) is 7.46. The standard InChI is InChI=1S/C16H16ClN5O3/c1-9-6-10(17)4-5-11(9)19-12(23)7-22-15(24)13-14(18-8-20(13)2)21(3)16(22)25/h4-6,8H,7H2,1-3H3,(H,19,23). The van der Waals surface area contributed by atoms with Gasteiger partial charge in [0.05, 0.1) is 6.33 Å². The average molecular weight is 362 g/mol. The lowest BCUT2D eigenvalue weighted by Gasteiger charge is -2.11. The minimum Gasteiger partial charge on any atom is -0.328 e. The summed E-state index contributed by atoms with van der Waals surface area (Å²) in [5, 5.41) is 3.25. The second-order valence-electron chi connectivity index (χ2n) is 5.77. The molecule has 0 atom stereocenters. The molecule has 9 heteroatoms. The van der Waals surface area contributed by atoms with Crippen molar-refractivity contribution in [3.8, 4) is 0 Å². The number of aromatic nitrogens is 4. The number of halogens is 1. The van der Waals surface area contributed by atoms with E-state index in [2.05, 4.69) is 10.3 Å². The molecule has 0 saturated carbocycles. The Hall–Kier alpha value is -2.87. The highest BCUT2D eigenvalue weighted by Gasteiger charge is 2.17. The summed E-state index contributed by atoms with van der Waals surface area (Å²) < 4.78 is 3.66. The number of hydrogen-bond donors (Lipinski definition) is 1. The topological polar surface area (TPSA) is 90.9 Å². The number of fused-ring (bicyclic) bond motifs is 1. The molecule has 0 aliphatic rings. The van der Waals surface area contributed by atoms with Crippen LogP contribution in [0.2, 0.25) is 5.02 Å². The quantitative estimate of drug-likeness (QED) is 0.754. The van der Waals surface area contributed by atoms with Crippen LogP contribution in [-0.4, -0.2) is 24.6 Å². The summed E-state index contributed by atoms with van der Waals surface area (Å²) in [6, 6.07) is 5.03. The summed E-state index contributed by atoms with van der Waals surface area (Å²) in [5.41, 5.74) is 0.740. The SMILES string of the molecule is Cc1cc(Cl)ccc1NC(=O)Cn1c(=O)c2c(ncn2C)n(C)c1=O. The molecule has 1 N–H and O–H groups in total. The van der Waals surface area contributed by atoms with Crippen LogP contribution < -0.4 is 16.6 Å². The van der Waals surface area contributed by atoms with Crippen molar-refractivity contribution < 1.29 is 4.79 Å². The van der Waals surface area contributed by atoms with Gasteiger partial charge in [-0.2, -0.15) is 0 Å². The zero-order chi connectivity index (χ0) is 18.3. The molecule has 3 aromatic rings. The lowest BCUT2D eigenvalue weighted by Crippen LogP contribution is -2.42. The van der Waals surface area contributed by atoms with E-state index >= 15 is 0 Å². The Labute approximate surface area is 147 Å². The molecule has 1 amide bonds. The first-order valence-corrected chi connectivity index (χ1v) is 7.84. The third-order valence-corrected chi connectivity index (χ3v) is 4.20. The van der Waals surface area contributed by atoms with E-state index in [1.807, 2.05) is 0 Å². The number of rotatable bonds is 3. The third-order valence-electron chi connectivity index (χ3n) is 3.97. The van der Waals surface area contributed by atoms with Crippen molar-refractivity contribution >= 4 is 34.4 Å². The molecule has 0 spiro atoms. The molecule has 130 valence electrons. The van der Waals surface area contributed by atoms with Gasteiger partial charge in [0.2, 0.25) is 5.91 Å². The molecule has 0 fully saturated rings. The summed E-state index contributed by atoms with van der Waals surface area (Å²) >= 11 is 5.89. The van der Waals surface area contributed by atoms with Crippen molar-refractivity contribution in [2.75, 3.05) is 5.32 Å². The fourth-order valence-corrected chi connectivity index (χ4v) is 2.86. The number of nitrogens with one attached hydrogen (secondary N) is 1. The van der Waals surface area contributed by atoms with Crippen LogP contribution in [0.5, 0.6) is 0 Å². The van der Waals surface area contributed by atoms with E-state index in [9.17, 15) is 14.4 Å². The molecular formula is C16H16ClN5O3. The maximum absolute atomic E-state index is 12.6. The van der Waals surface area contributed by atoms with Gasteiger partial charge in [0, 0.05) is 24.8 Å². The number of carbonyl (C=O) groups is 1. The maximum atomic E-state index is 12.6. The number of carbonyl (C=O) groups excluding carboxylic acids is 1. The minimum atomic E-state index is -0.598. The number of anilines is 1. The number of amides is 1. The predicted octanol–water partition coefficient (Wildman–Crippen LogP) is 1.03. The van der Waals surface area contributed by atoms with Gasteiger partial charge in [-0.3, -0.25) is 14.2 Å². The smallest absolute Gasteiger partial charge is 0.328 e. The molecule has 2 heterocycles. The average Bonchev–Trinajstić information content (AvgIpc) is 2.94. The fraction of sp³-hybridized carbons (Fsp3) is 0.250. The molecule has 3 rings (SSSR count). The van der Waals surface area contributed by atoms with Crippen LogP contribution in [0.3, 0.4) is 0 Å². The third kappa shape index (κ3) is 2.96. The van der Waals surface area contributed by atoms with Gasteiger partial charge < -0.3 is 9.88 Å². The van der Waals surface area contributed by atoms with Crippen molar-refractivity contribution in [3.63, 3.8) is 0 Å². The number of hydrogen-bond acceptors (Lipinski definition) is 4. The van der Waals surface area contributed by atoms with Crippen LogP contribution in [0.25, 0.3) is 11.2 Å². The minimum absolute atomic E-state index is 0.262. The van der Waals surface area contributed by atoms with Gasteiger partial charge in [-0.1, -0.05) is 11.6 Å². The molecule has 1 aromatic carbocycles. The molecular weight excluding hydrogens is 346 g/mol. The van der Waals surface area contributed by atoms with Crippen molar-refractivity contribution in [1.82, 2.24) is 18.7 Å². The van der Waals surface area contributed by atoms with Crippen LogP contribution >= 0.6 is 11.6 Å². The van der Waals surface area contributed by atoms with Gasteiger partial charge in [-0.15, -0.1) is 0 Å². The Morgan fingerprint density at radius 1 is 1.28 bits per heavy atom. The van der Waals surface area contributed by atoms with Crippen LogP contribution in [0.4, 0.5) is 5.69 Å². The molecule has 0 saturated heterocycles. The summed E-state index contributed by atoms with van der Waals surface area (Å²) in [6.45, 7) is 1.41. The predicted molar refractivity (Wildman–Crippen MR) is 95.0 cm³/mol. The molecule has 0 radical (unpaired) electrons. The lowest BCUT2D eigenvalue weighted by molar-refractivity contribution is -0.116. The van der Waals surface area contributed by atoms with Gasteiger partial charge >= 0.3 is 5.69 Å². The molecule has 2 aromatic heterocycles. The number of imidazole rings is 1. The van der Waals surface area contributed by atoms with E-state index in [1.165, 1.54) is 22.5 Å². The monoisotopic (exact) mass is 361 g/mol. The van der Waals surface area contributed by atoms with Crippen molar-refractivity contribution in [2.45, 2.75) is 13.5 Å². The Balaban J connectivity index is 1.98. The zero-order valence-electron chi connectivity index (χ0n) is 13.9. The summed E-state index contributed by atoms with van der Waals surface area (Å²) in [6.07, 6.45) is 1.45. The summed E-state index contributed by atoms with van der Waals surface area (Å²) in [5.74, 6) is -0.480. The van der Waals surface area contributed by atoms with E-state index in [4.69, 9.17) is 11.6 Å². The first kappa shape index (κ1) is 17.0. The Morgan fingerprint density at radius 2 is 2.00 bits per heavy atom. The van der Waals surface area contributed by atoms with Crippen molar-refractivity contribution in [3.05, 3.63) is 56.0 Å². The molecule has 0 aliphatic heterocycles. The van der Waals surface area contributed by atoms with Crippen LogP contribution in [0, 0.1) is 6.92 Å². The molecule has 0 bridgehead atoms. The Bertz CT molecular complexity index is 1110. The van der Waals surface area contributed by atoms with Gasteiger partial charge in [-0.25, -0.2) is 14.3 Å². The van der Waals surface area contributed by atoms with Gasteiger partial charge in [0.1, 0.15) is 6.54 Å². The Kier molecular flexibility index (Phi) is 4.22. The van der Waals surface area contributed by atoms with E-state index in [1.54, 1.807) is 32.2 Å². The van der Waals surface area contributed by atoms with Crippen LogP contribution in [-0.2, 0) is 25.4 Å². The molecule has 25 heavy (non-hydrogen) atoms. The second-order valence-corrected chi connectivity index (χ2v) is 6.20. The lowest BCUT2D eigenvalue weighted by atomic mass is 10.2. The van der Waals surface area contributed by atoms with Crippen molar-refractivity contribution in [1.29, 1.82) is 0 Å². The second kappa shape index (κ2) is 6.21. The van der Waals surface area contributed by atoms with E-state index in [0.29, 0.717) is 10.7 Å². The highest BCUT2D eigenvalue weighted by Crippen LogP contribution is 2.19. The van der Waals surface area contributed by atoms with Crippen LogP contribution in [0.15, 0.2) is 34.1 Å². The number of aryl methyl sites for hydroxylation is 3. The molecule has 8 nitrogen and oxygen atoms in total. The number of nitrogens with zero attached hydrogens (tertiary/aromatic N) is 4. The largest absolute Gasteiger partial charge is 0.332 e. The maximum Gasteiger partial charge on any atom is 0.332 e. The summed E-state index contributed by atoms with van der Waals surface area (Å²) in [4.78, 5) is 41.3. The first-order chi connectivity index (χ1) is 11.8. The van der Waals surface area contributed by atoms with E-state index in [0.717, 1.165) is 10.1 Å². The molecule has 0 aliphatic carbocycles. The Morgan fingerprint density at radius 3 is 2.68 bits per heavy atom. The number of benzene rings is 1. The van der Waals surface area contributed by atoms with E-state index in [-0.39, 0.29) is 11.2 Å². The van der Waals surface area contributed by atoms with Gasteiger partial charge in [0.25, 0.3) is 5.56 Å². The van der Waals surface area contributed by atoms with E-state index < -0.39 is 23.7 Å².